The highest BCUT2D eigenvalue weighted by Gasteiger charge is 2.41. The second-order valence-electron chi connectivity index (χ2n) is 11.0. The maximum atomic E-state index is 13.0. The summed E-state index contributed by atoms with van der Waals surface area (Å²) < 4.78 is 38.1. The summed E-state index contributed by atoms with van der Waals surface area (Å²) in [6.07, 6.45) is 5.72. The van der Waals surface area contributed by atoms with Crippen LogP contribution in [0.15, 0.2) is 54.6 Å². The van der Waals surface area contributed by atoms with Crippen LogP contribution in [-0.2, 0) is 14.9 Å². The molecule has 38 heavy (non-hydrogen) atoms. The molecule has 8 nitrogen and oxygen atoms in total. The van der Waals surface area contributed by atoms with Crippen molar-refractivity contribution in [1.82, 2.24) is 23.5 Å². The molecule has 6 rings (SSSR count). The number of para-hydroxylation sites is 2. The predicted molar refractivity (Wildman–Crippen MR) is 149 cm³/mol. The van der Waals surface area contributed by atoms with Gasteiger partial charge >= 0.3 is 0 Å². The fourth-order valence-corrected chi connectivity index (χ4v) is 8.17. The van der Waals surface area contributed by atoms with Gasteiger partial charge in [0, 0.05) is 37.8 Å². The largest absolute Gasteiger partial charge is 0.379 e. The fraction of sp³-hybridized carbons (Fsp3) is 0.552. The lowest BCUT2D eigenvalue weighted by Crippen LogP contribution is -2.48. The first-order valence-corrected chi connectivity index (χ1v) is 15.5. The van der Waals surface area contributed by atoms with Crippen LogP contribution in [0, 0.1) is 6.92 Å². The van der Waals surface area contributed by atoms with Crippen molar-refractivity contribution in [3.8, 4) is 0 Å². The number of ether oxygens (including phenoxy) is 1. The topological polar surface area (TPSA) is 79.7 Å². The van der Waals surface area contributed by atoms with Crippen LogP contribution in [0.1, 0.15) is 55.5 Å². The predicted octanol–water partition coefficient (Wildman–Crippen LogP) is 3.85. The van der Waals surface area contributed by atoms with Gasteiger partial charge in [0.2, 0.25) is 0 Å². The number of nitrogens with one attached hydrogen (secondary N) is 1. The normalized spacial score (nSPS) is 25.7. The zero-order chi connectivity index (χ0) is 26.1. The van der Waals surface area contributed by atoms with E-state index in [9.17, 15) is 8.42 Å². The summed E-state index contributed by atoms with van der Waals surface area (Å²) in [5.41, 5.74) is 3.53. The first-order chi connectivity index (χ1) is 18.5. The Bertz CT molecular complexity index is 1320. The molecule has 9 heteroatoms. The van der Waals surface area contributed by atoms with Crippen molar-refractivity contribution in [3.05, 3.63) is 66.0 Å². The molecule has 1 N–H and O–H groups in total. The van der Waals surface area contributed by atoms with Crippen LogP contribution in [0.4, 0.5) is 0 Å². The third-order valence-electron chi connectivity index (χ3n) is 8.83. The maximum Gasteiger partial charge on any atom is 0.279 e. The molecule has 204 valence electrons. The number of piperidine rings is 1. The van der Waals surface area contributed by atoms with Crippen molar-refractivity contribution in [2.24, 2.45) is 0 Å². The van der Waals surface area contributed by atoms with Crippen molar-refractivity contribution in [2.75, 3.05) is 39.4 Å². The lowest BCUT2D eigenvalue weighted by molar-refractivity contribution is 0.0724. The maximum absolute atomic E-state index is 13.0. The average Bonchev–Trinajstić information content (AvgIpc) is 3.40. The Labute approximate surface area is 226 Å². The molecule has 3 aromatic rings. The molecule has 2 aromatic carbocycles. The molecule has 0 radical (unpaired) electrons. The smallest absolute Gasteiger partial charge is 0.279 e. The van der Waals surface area contributed by atoms with Crippen LogP contribution in [0.25, 0.3) is 11.0 Å². The third-order valence-corrected chi connectivity index (χ3v) is 10.4. The van der Waals surface area contributed by atoms with Crippen LogP contribution < -0.4 is 4.72 Å². The summed E-state index contributed by atoms with van der Waals surface area (Å²) in [6.45, 7) is 5.27. The molecular weight excluding hydrogens is 498 g/mol. The first-order valence-electron chi connectivity index (χ1n) is 14.1. The van der Waals surface area contributed by atoms with E-state index in [4.69, 9.17) is 9.72 Å². The van der Waals surface area contributed by atoms with Crippen molar-refractivity contribution in [2.45, 2.75) is 63.1 Å². The van der Waals surface area contributed by atoms with Gasteiger partial charge in [0.25, 0.3) is 10.2 Å². The molecule has 3 aliphatic heterocycles. The van der Waals surface area contributed by atoms with Crippen LogP contribution in [0.3, 0.4) is 0 Å². The molecule has 3 aliphatic rings. The molecule has 4 heterocycles. The van der Waals surface area contributed by atoms with E-state index in [0.29, 0.717) is 51.0 Å². The standard InChI is InChI=1S/C29H39N5O3S/c1-22-31-28-9-5-6-10-29(28)34(22)27-19-25-11-12-26(20-27)33(25)14-13-24(23-7-3-2-4-8-23)21-30-38(35,36)32-15-17-37-18-16-32/h2-10,24-27,30H,11-21H2,1H3. The Balaban J connectivity index is 1.13. The molecule has 3 unspecified atom stereocenters. The fourth-order valence-electron chi connectivity index (χ4n) is 6.95. The highest BCUT2D eigenvalue weighted by molar-refractivity contribution is 7.87. The van der Waals surface area contributed by atoms with Crippen molar-refractivity contribution in [3.63, 3.8) is 0 Å². The van der Waals surface area contributed by atoms with Gasteiger partial charge in [0.15, 0.2) is 0 Å². The van der Waals surface area contributed by atoms with E-state index in [2.05, 4.69) is 57.5 Å². The molecule has 1 aromatic heterocycles. The van der Waals surface area contributed by atoms with E-state index in [1.54, 1.807) is 0 Å². The molecule has 3 fully saturated rings. The van der Waals surface area contributed by atoms with E-state index < -0.39 is 10.2 Å². The molecule has 3 saturated heterocycles. The van der Waals surface area contributed by atoms with E-state index in [1.165, 1.54) is 28.2 Å². The van der Waals surface area contributed by atoms with Crippen LogP contribution in [0.2, 0.25) is 0 Å². The molecule has 2 bridgehead atoms. The minimum Gasteiger partial charge on any atom is -0.379 e. The summed E-state index contributed by atoms with van der Waals surface area (Å²) in [6, 6.07) is 20.5. The van der Waals surface area contributed by atoms with E-state index >= 15 is 0 Å². The summed E-state index contributed by atoms with van der Waals surface area (Å²) in [5, 5.41) is 0. The monoisotopic (exact) mass is 537 g/mol. The number of morpholine rings is 1. The van der Waals surface area contributed by atoms with Gasteiger partial charge in [-0.25, -0.2) is 9.71 Å². The average molecular weight is 538 g/mol. The van der Waals surface area contributed by atoms with Gasteiger partial charge in [-0.3, -0.25) is 4.90 Å². The summed E-state index contributed by atoms with van der Waals surface area (Å²) in [4.78, 5) is 7.55. The second-order valence-corrected chi connectivity index (χ2v) is 12.8. The SMILES string of the molecule is Cc1nc2ccccc2n1C1CC2CCC(C1)N2CCC(CNS(=O)(=O)N1CCOCC1)c1ccccc1. The number of fused-ring (bicyclic) bond motifs is 3. The van der Waals surface area contributed by atoms with E-state index in [1.807, 2.05) is 18.2 Å². The summed E-state index contributed by atoms with van der Waals surface area (Å²) in [7, 11) is -3.51. The van der Waals surface area contributed by atoms with E-state index in [-0.39, 0.29) is 5.92 Å². The number of hydrogen-bond donors (Lipinski definition) is 1. The quantitative estimate of drug-likeness (QED) is 0.449. The number of aromatic nitrogens is 2. The third kappa shape index (κ3) is 5.27. The molecule has 0 spiro atoms. The van der Waals surface area contributed by atoms with Gasteiger partial charge in [-0.15, -0.1) is 0 Å². The Kier molecular flexibility index (Phi) is 7.55. The van der Waals surface area contributed by atoms with Gasteiger partial charge in [0.05, 0.1) is 24.2 Å². The number of hydrogen-bond acceptors (Lipinski definition) is 5. The van der Waals surface area contributed by atoms with E-state index in [0.717, 1.165) is 37.1 Å². The van der Waals surface area contributed by atoms with Crippen LogP contribution in [0.5, 0.6) is 0 Å². The minimum absolute atomic E-state index is 0.129. The zero-order valence-electron chi connectivity index (χ0n) is 22.2. The Morgan fingerprint density at radius 2 is 1.66 bits per heavy atom. The Hall–Kier alpha value is -2.30. The van der Waals surface area contributed by atoms with Gasteiger partial charge in [-0.05, 0) is 69.2 Å². The summed E-state index contributed by atoms with van der Waals surface area (Å²) >= 11 is 0. The summed E-state index contributed by atoms with van der Waals surface area (Å²) in [5.74, 6) is 1.24. The number of aryl methyl sites for hydroxylation is 1. The van der Waals surface area contributed by atoms with Crippen molar-refractivity contribution < 1.29 is 13.2 Å². The van der Waals surface area contributed by atoms with Gasteiger partial charge in [0.1, 0.15) is 5.82 Å². The lowest BCUT2D eigenvalue weighted by Gasteiger charge is -2.40. The number of nitrogens with zero attached hydrogens (tertiary/aromatic N) is 4. The second kappa shape index (κ2) is 11.1. The highest BCUT2D eigenvalue weighted by Crippen LogP contribution is 2.42. The molecule has 0 aliphatic carbocycles. The first kappa shape index (κ1) is 26.0. The lowest BCUT2D eigenvalue weighted by atomic mass is 9.93. The molecular formula is C29H39N5O3S. The number of imidazole rings is 1. The molecule has 3 atom stereocenters. The Morgan fingerprint density at radius 3 is 2.39 bits per heavy atom. The zero-order valence-corrected chi connectivity index (χ0v) is 23.0. The van der Waals surface area contributed by atoms with Gasteiger partial charge < -0.3 is 9.30 Å². The van der Waals surface area contributed by atoms with Crippen molar-refractivity contribution >= 4 is 21.2 Å². The van der Waals surface area contributed by atoms with Gasteiger partial charge in [-0.1, -0.05) is 42.5 Å². The minimum atomic E-state index is -3.51. The van der Waals surface area contributed by atoms with Crippen molar-refractivity contribution in [1.29, 1.82) is 0 Å². The highest BCUT2D eigenvalue weighted by atomic mass is 32.2. The Morgan fingerprint density at radius 1 is 0.974 bits per heavy atom. The number of benzene rings is 2. The van der Waals surface area contributed by atoms with Crippen LogP contribution >= 0.6 is 0 Å². The molecule has 0 saturated carbocycles. The molecule has 0 amide bonds. The van der Waals surface area contributed by atoms with Gasteiger partial charge in [-0.2, -0.15) is 12.7 Å². The number of rotatable bonds is 9. The van der Waals surface area contributed by atoms with Crippen LogP contribution in [-0.4, -0.2) is 78.7 Å².